The molecule has 0 atom stereocenters. The molecule has 0 fully saturated rings. The largest absolute Gasteiger partial charge is 0.495 e. The molecule has 0 bridgehead atoms. The number of ether oxygens (including phenoxy) is 2. The van der Waals surface area contributed by atoms with Crippen molar-refractivity contribution >= 4 is 40.2 Å². The number of methoxy groups -OCH3 is 2. The molecule has 1 amide bonds. The van der Waals surface area contributed by atoms with E-state index in [1.165, 1.54) is 23.9 Å². The van der Waals surface area contributed by atoms with Gasteiger partial charge in [-0.1, -0.05) is 11.6 Å². The van der Waals surface area contributed by atoms with E-state index >= 15 is 0 Å². The fraction of sp³-hybridized carbons (Fsp3) is 0.238. The number of halogens is 1. The molecule has 3 aromatic rings. The number of hydrogen-bond acceptors (Lipinski definition) is 8. The summed E-state index contributed by atoms with van der Waals surface area (Å²) in [5.41, 5.74) is 2.71. The minimum Gasteiger partial charge on any atom is -0.495 e. The van der Waals surface area contributed by atoms with E-state index in [2.05, 4.69) is 15.5 Å². The van der Waals surface area contributed by atoms with Crippen LogP contribution in [0.4, 0.5) is 5.69 Å². The zero-order chi connectivity index (χ0) is 22.8. The first-order chi connectivity index (χ1) is 15.4. The van der Waals surface area contributed by atoms with Crippen LogP contribution in [0.5, 0.6) is 5.75 Å². The van der Waals surface area contributed by atoms with Crippen molar-refractivity contribution in [2.24, 2.45) is 0 Å². The summed E-state index contributed by atoms with van der Waals surface area (Å²) in [6.45, 7) is -0.0364. The van der Waals surface area contributed by atoms with E-state index in [4.69, 9.17) is 21.1 Å². The van der Waals surface area contributed by atoms with Gasteiger partial charge >= 0.3 is 5.97 Å². The molecule has 0 spiro atoms. The summed E-state index contributed by atoms with van der Waals surface area (Å²) < 4.78 is 9.97. The van der Waals surface area contributed by atoms with E-state index in [9.17, 15) is 14.7 Å². The lowest BCUT2D eigenvalue weighted by molar-refractivity contribution is -0.136. The van der Waals surface area contributed by atoms with Crippen LogP contribution >= 0.6 is 11.6 Å². The van der Waals surface area contributed by atoms with Crippen molar-refractivity contribution in [1.29, 1.82) is 0 Å². The molecule has 0 radical (unpaired) electrons. The smallest absolute Gasteiger partial charge is 0.337 e. The Hall–Kier alpha value is -3.63. The van der Waals surface area contributed by atoms with Crippen LogP contribution < -0.4 is 10.1 Å². The topological polar surface area (TPSA) is 119 Å². The van der Waals surface area contributed by atoms with Crippen molar-refractivity contribution in [2.45, 2.75) is 0 Å². The highest BCUT2D eigenvalue weighted by molar-refractivity contribution is 6.32. The quantitative estimate of drug-likeness (QED) is 0.515. The Labute approximate surface area is 188 Å². The van der Waals surface area contributed by atoms with E-state index in [0.29, 0.717) is 33.2 Å². The van der Waals surface area contributed by atoms with Crippen molar-refractivity contribution in [1.82, 2.24) is 19.9 Å². The first-order valence-corrected chi connectivity index (χ1v) is 10.0. The second-order valence-electron chi connectivity index (χ2n) is 6.93. The molecule has 4 rings (SSSR count). The lowest BCUT2D eigenvalue weighted by atomic mass is 10.2. The second-order valence-corrected chi connectivity index (χ2v) is 7.34. The Morgan fingerprint density at radius 3 is 2.66 bits per heavy atom. The number of carbonyl (C=O) groups excluding carboxylic acids is 2. The molecule has 11 heteroatoms. The number of benzene rings is 2. The minimum absolute atomic E-state index is 0.0606. The van der Waals surface area contributed by atoms with E-state index < -0.39 is 11.9 Å². The van der Waals surface area contributed by atoms with E-state index in [0.717, 1.165) is 0 Å². The Morgan fingerprint density at radius 2 is 1.97 bits per heavy atom. The number of fused-ring (bicyclic) bond motifs is 1. The van der Waals surface area contributed by atoms with Gasteiger partial charge in [0.05, 0.1) is 43.7 Å². The van der Waals surface area contributed by atoms with Gasteiger partial charge in [0.25, 0.3) is 5.91 Å². The third-order valence-electron chi connectivity index (χ3n) is 4.97. The van der Waals surface area contributed by atoms with Crippen molar-refractivity contribution in [3.8, 4) is 11.4 Å². The van der Waals surface area contributed by atoms with E-state index in [1.807, 2.05) is 0 Å². The van der Waals surface area contributed by atoms with Crippen molar-refractivity contribution in [2.75, 3.05) is 39.2 Å². The van der Waals surface area contributed by atoms with Crippen LogP contribution in [0.15, 0.2) is 47.7 Å². The zero-order valence-corrected chi connectivity index (χ0v) is 18.1. The number of aromatic nitrogens is 3. The predicted molar refractivity (Wildman–Crippen MR) is 117 cm³/mol. The molecule has 32 heavy (non-hydrogen) atoms. The number of aliphatic hydroxyl groups excluding tert-OH is 1. The summed E-state index contributed by atoms with van der Waals surface area (Å²) >= 11 is 6.20. The summed E-state index contributed by atoms with van der Waals surface area (Å²) in [5, 5.41) is 21.5. The molecule has 1 aliphatic rings. The summed E-state index contributed by atoms with van der Waals surface area (Å²) in [6.07, 6.45) is 0. The molecule has 2 aromatic carbocycles. The van der Waals surface area contributed by atoms with Crippen LogP contribution in [0, 0.1) is 0 Å². The second kappa shape index (κ2) is 8.85. The SMILES string of the molecule is COC(=O)C1=C(Nc2ccc3nn(-c4ccc(OC)c(Cl)c4)nc3c2)C(=O)N(CCO)C1. The highest BCUT2D eigenvalue weighted by Crippen LogP contribution is 2.28. The van der Waals surface area contributed by atoms with Crippen molar-refractivity contribution < 1.29 is 24.2 Å². The predicted octanol–water partition coefficient (Wildman–Crippen LogP) is 1.76. The third-order valence-corrected chi connectivity index (χ3v) is 5.26. The Bertz CT molecular complexity index is 1240. The van der Waals surface area contributed by atoms with E-state index in [1.54, 1.807) is 36.4 Å². The molecule has 0 unspecified atom stereocenters. The van der Waals surface area contributed by atoms with Gasteiger partial charge in [0, 0.05) is 12.2 Å². The minimum atomic E-state index is -0.607. The molecule has 0 aliphatic carbocycles. The first kappa shape index (κ1) is 21.6. The molecule has 166 valence electrons. The molecule has 0 saturated carbocycles. The standard InChI is InChI=1S/C21H20ClN5O5/c1-31-18-6-4-13(10-15(18)22)27-24-16-5-3-12(9-17(16)25-27)23-19-14(21(30)32-2)11-26(7-8-28)20(19)29/h3-6,9-10,23,28H,7-8,11H2,1-2H3. The lowest BCUT2D eigenvalue weighted by Crippen LogP contribution is -2.31. The van der Waals surface area contributed by atoms with Crippen LogP contribution in [0.2, 0.25) is 5.02 Å². The van der Waals surface area contributed by atoms with Gasteiger partial charge in [0.2, 0.25) is 0 Å². The van der Waals surface area contributed by atoms with Gasteiger partial charge < -0.3 is 24.8 Å². The number of rotatable bonds is 7. The highest BCUT2D eigenvalue weighted by Gasteiger charge is 2.34. The zero-order valence-electron chi connectivity index (χ0n) is 17.3. The third kappa shape index (κ3) is 3.97. The molecule has 0 saturated heterocycles. The van der Waals surface area contributed by atoms with Crippen molar-refractivity contribution in [3.63, 3.8) is 0 Å². The summed E-state index contributed by atoms with van der Waals surface area (Å²) in [7, 11) is 2.79. The molecular formula is C21H20ClN5O5. The first-order valence-electron chi connectivity index (χ1n) is 9.64. The summed E-state index contributed by atoms with van der Waals surface area (Å²) in [5.74, 6) is -0.453. The van der Waals surface area contributed by atoms with E-state index in [-0.39, 0.29) is 31.0 Å². The average molecular weight is 458 g/mol. The fourth-order valence-electron chi connectivity index (χ4n) is 3.38. The molecule has 1 aliphatic heterocycles. The van der Waals surface area contributed by atoms with Crippen LogP contribution in [0.3, 0.4) is 0 Å². The van der Waals surface area contributed by atoms with Gasteiger partial charge in [0.15, 0.2) is 0 Å². The number of β-amino-alcohol motifs (C(OH)–C–C–N with tert-alkyl or cyclic N) is 1. The maximum Gasteiger partial charge on any atom is 0.337 e. The van der Waals surface area contributed by atoms with Crippen LogP contribution in [0.1, 0.15) is 0 Å². The van der Waals surface area contributed by atoms with Crippen LogP contribution in [-0.4, -0.2) is 70.8 Å². The van der Waals surface area contributed by atoms with Gasteiger partial charge in [0.1, 0.15) is 22.5 Å². The number of nitrogens with zero attached hydrogens (tertiary/aromatic N) is 4. The number of carbonyl (C=O) groups is 2. The molecule has 10 nitrogen and oxygen atoms in total. The fourth-order valence-corrected chi connectivity index (χ4v) is 3.63. The molecule has 1 aromatic heterocycles. The maximum absolute atomic E-state index is 12.7. The number of nitrogens with one attached hydrogen (secondary N) is 1. The number of amides is 1. The van der Waals surface area contributed by atoms with Gasteiger partial charge in [-0.25, -0.2) is 4.79 Å². The number of anilines is 1. The summed E-state index contributed by atoms with van der Waals surface area (Å²) in [6, 6.07) is 10.4. The Balaban J connectivity index is 1.64. The van der Waals surface area contributed by atoms with Crippen molar-refractivity contribution in [3.05, 3.63) is 52.7 Å². The highest BCUT2D eigenvalue weighted by atomic mass is 35.5. The lowest BCUT2D eigenvalue weighted by Gasteiger charge is -2.14. The van der Waals surface area contributed by atoms with Crippen LogP contribution in [0.25, 0.3) is 16.7 Å². The molecular weight excluding hydrogens is 438 g/mol. The molecule has 2 heterocycles. The number of aliphatic hydroxyl groups is 1. The molecule has 2 N–H and O–H groups in total. The van der Waals surface area contributed by atoms with Gasteiger partial charge in [-0.3, -0.25) is 4.79 Å². The Kier molecular flexibility index (Phi) is 5.97. The van der Waals surface area contributed by atoms with Gasteiger partial charge in [-0.05, 0) is 36.4 Å². The average Bonchev–Trinajstić information content (AvgIpc) is 3.35. The monoisotopic (exact) mass is 457 g/mol. The van der Waals surface area contributed by atoms with Gasteiger partial charge in [-0.15, -0.1) is 10.2 Å². The maximum atomic E-state index is 12.7. The van der Waals surface area contributed by atoms with Crippen LogP contribution in [-0.2, 0) is 14.3 Å². The van der Waals surface area contributed by atoms with Gasteiger partial charge in [-0.2, -0.15) is 4.80 Å². The number of esters is 1. The normalized spacial score (nSPS) is 13.8. The number of hydrogen-bond donors (Lipinski definition) is 2. The Morgan fingerprint density at radius 1 is 1.19 bits per heavy atom. The summed E-state index contributed by atoms with van der Waals surface area (Å²) in [4.78, 5) is 27.7.